The molecule has 2 aromatic heterocycles. The van der Waals surface area contributed by atoms with E-state index in [4.69, 9.17) is 8.83 Å². The molecular weight excluding hydrogens is 326 g/mol. The summed E-state index contributed by atoms with van der Waals surface area (Å²) in [7, 11) is 0. The van der Waals surface area contributed by atoms with Gasteiger partial charge in [0.15, 0.2) is 5.76 Å². The van der Waals surface area contributed by atoms with E-state index in [2.05, 4.69) is 16.3 Å². The van der Waals surface area contributed by atoms with Crippen LogP contribution >= 0.6 is 11.8 Å². The molecule has 1 aliphatic rings. The molecule has 3 heterocycles. The van der Waals surface area contributed by atoms with Crippen molar-refractivity contribution < 1.29 is 13.6 Å². The van der Waals surface area contributed by atoms with E-state index in [1.165, 1.54) is 17.3 Å². The number of hydrogen-bond donors (Lipinski definition) is 0. The number of benzene rings is 1. The lowest BCUT2D eigenvalue weighted by atomic mass is 10.2. The summed E-state index contributed by atoms with van der Waals surface area (Å²) >= 11 is 1.26. The minimum atomic E-state index is -0.318. The van der Waals surface area contributed by atoms with Crippen molar-refractivity contribution >= 4 is 23.4 Å². The Balaban J connectivity index is 1.47. The van der Waals surface area contributed by atoms with Gasteiger partial charge in [-0.2, -0.15) is 0 Å². The minimum absolute atomic E-state index is 0.0442. The van der Waals surface area contributed by atoms with Gasteiger partial charge in [-0.25, -0.2) is 0 Å². The van der Waals surface area contributed by atoms with Crippen LogP contribution in [0.5, 0.6) is 0 Å². The summed E-state index contributed by atoms with van der Waals surface area (Å²) < 4.78 is 10.8. The molecule has 0 bridgehead atoms. The van der Waals surface area contributed by atoms with Crippen molar-refractivity contribution in [2.45, 2.75) is 23.8 Å². The van der Waals surface area contributed by atoms with Crippen LogP contribution in [-0.2, 0) is 11.2 Å². The maximum absolute atomic E-state index is 12.7. The highest BCUT2D eigenvalue weighted by atomic mass is 32.2. The molecule has 24 heavy (non-hydrogen) atoms. The molecule has 1 atom stereocenters. The molecule has 0 saturated carbocycles. The number of thioether (sulfide) groups is 1. The van der Waals surface area contributed by atoms with Crippen LogP contribution in [0.15, 0.2) is 56.7 Å². The summed E-state index contributed by atoms with van der Waals surface area (Å²) in [5.74, 6) is 0.873. The highest BCUT2D eigenvalue weighted by Gasteiger charge is 2.29. The van der Waals surface area contributed by atoms with Crippen LogP contribution in [0.1, 0.15) is 12.5 Å². The topological polar surface area (TPSA) is 72.4 Å². The number of nitrogens with zero attached hydrogens (tertiary/aromatic N) is 3. The van der Waals surface area contributed by atoms with Crippen LogP contribution in [0.4, 0.5) is 5.69 Å². The van der Waals surface area contributed by atoms with E-state index in [0.29, 0.717) is 23.4 Å². The van der Waals surface area contributed by atoms with E-state index in [1.807, 2.05) is 30.0 Å². The van der Waals surface area contributed by atoms with Crippen LogP contribution in [-0.4, -0.2) is 27.9 Å². The zero-order valence-corrected chi connectivity index (χ0v) is 13.8. The van der Waals surface area contributed by atoms with Crippen molar-refractivity contribution in [3.05, 3.63) is 48.2 Å². The monoisotopic (exact) mass is 341 g/mol. The molecule has 0 radical (unpaired) electrons. The Bertz CT molecular complexity index is 860. The highest BCUT2D eigenvalue weighted by molar-refractivity contribution is 8.00. The number of amides is 1. The molecule has 1 amide bonds. The van der Waals surface area contributed by atoms with Crippen LogP contribution in [0.3, 0.4) is 0 Å². The number of aromatic nitrogens is 2. The highest BCUT2D eigenvalue weighted by Crippen LogP contribution is 2.32. The lowest BCUT2D eigenvalue weighted by Gasteiger charge is -2.20. The average molecular weight is 341 g/mol. The fourth-order valence-electron chi connectivity index (χ4n) is 2.75. The number of rotatable bonds is 4. The van der Waals surface area contributed by atoms with Gasteiger partial charge < -0.3 is 13.7 Å². The Hall–Kier alpha value is -2.54. The number of hydrogen-bond acceptors (Lipinski definition) is 6. The summed E-state index contributed by atoms with van der Waals surface area (Å²) in [5.41, 5.74) is 2.21. The summed E-state index contributed by atoms with van der Waals surface area (Å²) in [5, 5.41) is 7.97. The largest absolute Gasteiger partial charge is 0.459 e. The second-order valence-electron chi connectivity index (χ2n) is 5.48. The Morgan fingerprint density at radius 2 is 2.12 bits per heavy atom. The number of furan rings is 1. The van der Waals surface area contributed by atoms with Gasteiger partial charge in [0.1, 0.15) is 0 Å². The van der Waals surface area contributed by atoms with Gasteiger partial charge in [-0.3, -0.25) is 4.79 Å². The molecule has 0 unspecified atom stereocenters. The van der Waals surface area contributed by atoms with Crippen molar-refractivity contribution in [1.82, 2.24) is 10.2 Å². The molecule has 3 aromatic rings. The summed E-state index contributed by atoms with van der Waals surface area (Å²) in [6.45, 7) is 2.56. The molecule has 0 N–H and O–H groups in total. The van der Waals surface area contributed by atoms with Gasteiger partial charge in [0.2, 0.25) is 5.91 Å². The number of fused-ring (bicyclic) bond motifs is 1. The predicted octanol–water partition coefficient (Wildman–Crippen LogP) is 3.40. The summed E-state index contributed by atoms with van der Waals surface area (Å²) in [6.07, 6.45) is 2.44. The third kappa shape index (κ3) is 2.71. The first-order valence-corrected chi connectivity index (χ1v) is 8.53. The summed E-state index contributed by atoms with van der Waals surface area (Å²) in [4.78, 5) is 14.6. The van der Waals surface area contributed by atoms with Gasteiger partial charge in [-0.05, 0) is 37.1 Å². The lowest BCUT2D eigenvalue weighted by molar-refractivity contribution is -0.117. The maximum Gasteiger partial charge on any atom is 0.284 e. The molecule has 1 aromatic carbocycles. The van der Waals surface area contributed by atoms with E-state index in [1.54, 1.807) is 18.4 Å². The predicted molar refractivity (Wildman–Crippen MR) is 89.8 cm³/mol. The van der Waals surface area contributed by atoms with Gasteiger partial charge in [-0.1, -0.05) is 30.0 Å². The van der Waals surface area contributed by atoms with E-state index < -0.39 is 0 Å². The zero-order chi connectivity index (χ0) is 16.5. The molecule has 1 aliphatic heterocycles. The van der Waals surface area contributed by atoms with Crippen LogP contribution < -0.4 is 4.90 Å². The molecule has 122 valence electrons. The van der Waals surface area contributed by atoms with Crippen molar-refractivity contribution in [1.29, 1.82) is 0 Å². The molecule has 7 heteroatoms. The van der Waals surface area contributed by atoms with Gasteiger partial charge in [0.25, 0.3) is 11.1 Å². The Kier molecular flexibility index (Phi) is 3.86. The Morgan fingerprint density at radius 3 is 2.96 bits per heavy atom. The molecule has 0 spiro atoms. The minimum Gasteiger partial charge on any atom is -0.459 e. The van der Waals surface area contributed by atoms with Crippen LogP contribution in [0.25, 0.3) is 11.7 Å². The Labute approximate surface area is 142 Å². The van der Waals surface area contributed by atoms with Crippen molar-refractivity contribution in [2.24, 2.45) is 0 Å². The van der Waals surface area contributed by atoms with Gasteiger partial charge in [-0.15, -0.1) is 10.2 Å². The van der Waals surface area contributed by atoms with Gasteiger partial charge in [0, 0.05) is 12.2 Å². The molecule has 0 fully saturated rings. The number of carbonyl (C=O) groups is 1. The van der Waals surface area contributed by atoms with Crippen molar-refractivity contribution in [3.8, 4) is 11.7 Å². The number of carbonyl (C=O) groups excluding carboxylic acids is 1. The lowest BCUT2D eigenvalue weighted by Crippen LogP contribution is -2.35. The molecule has 4 rings (SSSR count). The molecule has 6 nitrogen and oxygen atoms in total. The second-order valence-corrected chi connectivity index (χ2v) is 6.77. The number of anilines is 1. The maximum atomic E-state index is 12.7. The summed E-state index contributed by atoms with van der Waals surface area (Å²) in [6, 6.07) is 11.5. The third-order valence-corrected chi connectivity index (χ3v) is 4.84. The fraction of sp³-hybridized carbons (Fsp3) is 0.235. The number of para-hydroxylation sites is 1. The first-order valence-electron chi connectivity index (χ1n) is 7.65. The third-order valence-electron chi connectivity index (χ3n) is 3.92. The average Bonchev–Trinajstić information content (AvgIpc) is 3.33. The fourth-order valence-corrected chi connectivity index (χ4v) is 3.49. The van der Waals surface area contributed by atoms with Crippen LogP contribution in [0, 0.1) is 0 Å². The smallest absolute Gasteiger partial charge is 0.284 e. The molecule has 0 aliphatic carbocycles. The van der Waals surface area contributed by atoms with E-state index in [-0.39, 0.29) is 11.2 Å². The van der Waals surface area contributed by atoms with E-state index in [0.717, 1.165) is 12.1 Å². The Morgan fingerprint density at radius 1 is 1.25 bits per heavy atom. The standard InChI is InChI=1S/C17H15N3O3S/c1-11(16(21)20-9-8-12-5-2-3-6-13(12)20)24-17-19-18-15(23-17)14-7-4-10-22-14/h2-7,10-11H,8-9H2,1H3/t11-/m1/s1. The van der Waals surface area contributed by atoms with E-state index in [9.17, 15) is 4.79 Å². The zero-order valence-electron chi connectivity index (χ0n) is 13.0. The van der Waals surface area contributed by atoms with Crippen molar-refractivity contribution in [3.63, 3.8) is 0 Å². The quantitative estimate of drug-likeness (QED) is 0.677. The SMILES string of the molecule is C[C@@H](Sc1nnc(-c2ccco2)o1)C(=O)N1CCc2ccccc21. The normalized spacial score (nSPS) is 14.6. The van der Waals surface area contributed by atoms with E-state index >= 15 is 0 Å². The van der Waals surface area contributed by atoms with Gasteiger partial charge in [0.05, 0.1) is 11.5 Å². The molecular formula is C17H15N3O3S. The van der Waals surface area contributed by atoms with Crippen molar-refractivity contribution in [2.75, 3.05) is 11.4 Å². The van der Waals surface area contributed by atoms with Crippen LogP contribution in [0.2, 0.25) is 0 Å². The first-order chi connectivity index (χ1) is 11.7. The second kappa shape index (κ2) is 6.16. The first kappa shape index (κ1) is 15.0. The van der Waals surface area contributed by atoms with Gasteiger partial charge >= 0.3 is 0 Å². The molecule has 0 saturated heterocycles.